The van der Waals surface area contributed by atoms with Crippen molar-refractivity contribution >= 4 is 33.2 Å². The van der Waals surface area contributed by atoms with Crippen molar-refractivity contribution in [3.63, 3.8) is 0 Å². The first-order valence-electron chi connectivity index (χ1n) is 7.54. The van der Waals surface area contributed by atoms with Crippen LogP contribution in [-0.4, -0.2) is 14.2 Å². The fourth-order valence-electron chi connectivity index (χ4n) is 2.51. The summed E-state index contributed by atoms with van der Waals surface area (Å²) in [7, 11) is -1.25. The molecule has 0 aliphatic heterocycles. The van der Waals surface area contributed by atoms with Crippen molar-refractivity contribution < 1.29 is 4.21 Å². The molecule has 0 N–H and O–H groups in total. The van der Waals surface area contributed by atoms with Gasteiger partial charge in [0.25, 0.3) is 0 Å². The zero-order valence-electron chi connectivity index (χ0n) is 12.8. The SMILES string of the molecule is O=S(Cc1ccccc1)c1nc2ccccc2nc1-c1cccs1. The van der Waals surface area contributed by atoms with Crippen molar-refractivity contribution in [2.75, 3.05) is 0 Å². The van der Waals surface area contributed by atoms with E-state index in [0.717, 1.165) is 27.2 Å². The van der Waals surface area contributed by atoms with Crippen LogP contribution in [0, 0.1) is 0 Å². The van der Waals surface area contributed by atoms with Crippen LogP contribution in [0.3, 0.4) is 0 Å². The minimum atomic E-state index is -1.25. The van der Waals surface area contributed by atoms with E-state index in [1.807, 2.05) is 72.1 Å². The van der Waals surface area contributed by atoms with Crippen LogP contribution in [0.1, 0.15) is 5.56 Å². The van der Waals surface area contributed by atoms with E-state index in [1.54, 1.807) is 11.3 Å². The molecule has 0 fully saturated rings. The molecule has 0 aliphatic carbocycles. The standard InChI is InChI=1S/C19H14N2OS2/c22-24(13-14-7-2-1-3-8-14)19-18(17-11-6-12-23-17)20-15-9-4-5-10-16(15)21-19/h1-12H,13H2. The largest absolute Gasteiger partial charge is 0.252 e. The van der Waals surface area contributed by atoms with Crippen LogP contribution in [0.2, 0.25) is 0 Å². The van der Waals surface area contributed by atoms with E-state index in [0.29, 0.717) is 10.8 Å². The number of fused-ring (bicyclic) bond motifs is 1. The summed E-state index contributed by atoms with van der Waals surface area (Å²) < 4.78 is 13.0. The van der Waals surface area contributed by atoms with E-state index >= 15 is 0 Å². The molecule has 5 heteroatoms. The first kappa shape index (κ1) is 15.2. The molecule has 3 nitrogen and oxygen atoms in total. The summed E-state index contributed by atoms with van der Waals surface area (Å²) in [4.78, 5) is 10.4. The normalized spacial score (nSPS) is 12.3. The Kier molecular flexibility index (Phi) is 4.19. The summed E-state index contributed by atoms with van der Waals surface area (Å²) in [6, 6.07) is 21.5. The Bertz CT molecular complexity index is 999. The number of benzene rings is 2. The van der Waals surface area contributed by atoms with Crippen LogP contribution in [-0.2, 0) is 16.6 Å². The lowest BCUT2D eigenvalue weighted by Gasteiger charge is -2.08. The molecule has 2 aromatic heterocycles. The molecule has 0 amide bonds. The lowest BCUT2D eigenvalue weighted by Crippen LogP contribution is -2.04. The summed E-state index contributed by atoms with van der Waals surface area (Å²) in [5, 5.41) is 2.55. The molecule has 0 radical (unpaired) electrons. The van der Waals surface area contributed by atoms with E-state index in [-0.39, 0.29) is 0 Å². The maximum Gasteiger partial charge on any atom is 0.155 e. The summed E-state index contributed by atoms with van der Waals surface area (Å²) in [5.74, 6) is 0.437. The van der Waals surface area contributed by atoms with Gasteiger partial charge in [0.05, 0.1) is 32.5 Å². The molecule has 0 spiro atoms. The Hall–Kier alpha value is -2.37. The second-order valence-corrected chi connectivity index (χ2v) is 7.63. The Morgan fingerprint density at radius 1 is 0.833 bits per heavy atom. The number of thiophene rings is 1. The molecule has 0 bridgehead atoms. The van der Waals surface area contributed by atoms with Crippen LogP contribution in [0.4, 0.5) is 0 Å². The van der Waals surface area contributed by atoms with E-state index in [2.05, 4.69) is 4.98 Å². The summed E-state index contributed by atoms with van der Waals surface area (Å²) >= 11 is 1.59. The van der Waals surface area contributed by atoms with Crippen molar-refractivity contribution in [2.45, 2.75) is 10.8 Å². The Morgan fingerprint density at radius 2 is 1.54 bits per heavy atom. The fraction of sp³-hybridized carbons (Fsp3) is 0.0526. The maximum atomic E-state index is 13.0. The molecule has 2 aromatic carbocycles. The van der Waals surface area contributed by atoms with Crippen LogP contribution in [0.25, 0.3) is 21.6 Å². The van der Waals surface area contributed by atoms with Crippen molar-refractivity contribution in [1.29, 1.82) is 0 Å². The number of hydrogen-bond donors (Lipinski definition) is 0. The van der Waals surface area contributed by atoms with Gasteiger partial charge in [0, 0.05) is 0 Å². The highest BCUT2D eigenvalue weighted by molar-refractivity contribution is 7.84. The van der Waals surface area contributed by atoms with Gasteiger partial charge in [0.2, 0.25) is 0 Å². The van der Waals surface area contributed by atoms with Crippen molar-refractivity contribution in [3.05, 3.63) is 77.7 Å². The number of para-hydroxylation sites is 2. The highest BCUT2D eigenvalue weighted by Gasteiger charge is 2.17. The molecule has 4 aromatic rings. The summed E-state index contributed by atoms with van der Waals surface area (Å²) in [6.07, 6.45) is 0. The first-order valence-corrected chi connectivity index (χ1v) is 9.74. The minimum Gasteiger partial charge on any atom is -0.252 e. The maximum absolute atomic E-state index is 13.0. The average molecular weight is 350 g/mol. The van der Waals surface area contributed by atoms with Gasteiger partial charge in [-0.05, 0) is 29.1 Å². The number of hydrogen-bond acceptors (Lipinski definition) is 4. The second-order valence-electron chi connectivity index (χ2n) is 5.32. The van der Waals surface area contributed by atoms with Crippen LogP contribution in [0.15, 0.2) is 77.1 Å². The number of aromatic nitrogens is 2. The van der Waals surface area contributed by atoms with E-state index in [9.17, 15) is 4.21 Å². The molecule has 1 atom stereocenters. The lowest BCUT2D eigenvalue weighted by molar-refractivity contribution is 0.680. The van der Waals surface area contributed by atoms with Crippen molar-refractivity contribution in [2.24, 2.45) is 0 Å². The second kappa shape index (κ2) is 6.63. The zero-order valence-corrected chi connectivity index (χ0v) is 14.4. The van der Waals surface area contributed by atoms with Gasteiger partial charge in [-0.25, -0.2) is 9.97 Å². The van der Waals surface area contributed by atoms with Gasteiger partial charge in [-0.3, -0.25) is 4.21 Å². The third-order valence-electron chi connectivity index (χ3n) is 3.65. The Labute approximate surface area is 146 Å². The van der Waals surface area contributed by atoms with Gasteiger partial charge in [-0.1, -0.05) is 48.5 Å². The first-order chi connectivity index (χ1) is 11.8. The molecular formula is C19H14N2OS2. The van der Waals surface area contributed by atoms with Crippen LogP contribution >= 0.6 is 11.3 Å². The molecule has 2 heterocycles. The molecule has 24 heavy (non-hydrogen) atoms. The Balaban J connectivity index is 1.83. The van der Waals surface area contributed by atoms with Gasteiger partial charge in [0.1, 0.15) is 5.69 Å². The van der Waals surface area contributed by atoms with E-state index in [1.165, 1.54) is 0 Å². The van der Waals surface area contributed by atoms with Gasteiger partial charge in [-0.15, -0.1) is 11.3 Å². The van der Waals surface area contributed by atoms with Crippen LogP contribution in [0.5, 0.6) is 0 Å². The highest BCUT2D eigenvalue weighted by atomic mass is 32.2. The third kappa shape index (κ3) is 3.00. The zero-order chi connectivity index (χ0) is 16.4. The molecule has 4 rings (SSSR count). The quantitative estimate of drug-likeness (QED) is 0.537. The van der Waals surface area contributed by atoms with Gasteiger partial charge in [0.15, 0.2) is 5.03 Å². The van der Waals surface area contributed by atoms with E-state index in [4.69, 9.17) is 4.98 Å². The minimum absolute atomic E-state index is 0.437. The molecule has 1 unspecified atom stereocenters. The predicted octanol–water partition coefficient (Wildman–Crippen LogP) is 4.67. The summed E-state index contributed by atoms with van der Waals surface area (Å²) in [6.45, 7) is 0. The molecule has 0 aliphatic rings. The molecule has 118 valence electrons. The van der Waals surface area contributed by atoms with Gasteiger partial charge < -0.3 is 0 Å². The average Bonchev–Trinajstić information content (AvgIpc) is 3.16. The van der Waals surface area contributed by atoms with Gasteiger partial charge >= 0.3 is 0 Å². The molecule has 0 saturated heterocycles. The van der Waals surface area contributed by atoms with Crippen molar-refractivity contribution in [1.82, 2.24) is 9.97 Å². The number of rotatable bonds is 4. The predicted molar refractivity (Wildman–Crippen MR) is 99.4 cm³/mol. The van der Waals surface area contributed by atoms with Crippen LogP contribution < -0.4 is 0 Å². The van der Waals surface area contributed by atoms with E-state index < -0.39 is 10.8 Å². The third-order valence-corrected chi connectivity index (χ3v) is 5.84. The van der Waals surface area contributed by atoms with Gasteiger partial charge in [-0.2, -0.15) is 0 Å². The van der Waals surface area contributed by atoms with Crippen molar-refractivity contribution in [3.8, 4) is 10.6 Å². The topological polar surface area (TPSA) is 42.9 Å². The highest BCUT2D eigenvalue weighted by Crippen LogP contribution is 2.30. The summed E-state index contributed by atoms with van der Waals surface area (Å²) in [5.41, 5.74) is 3.34. The smallest absolute Gasteiger partial charge is 0.155 e. The fourth-order valence-corrected chi connectivity index (χ4v) is 4.49. The monoisotopic (exact) mass is 350 g/mol. The molecular weight excluding hydrogens is 336 g/mol. The molecule has 0 saturated carbocycles. The lowest BCUT2D eigenvalue weighted by atomic mass is 10.2. The number of nitrogens with zero attached hydrogens (tertiary/aromatic N) is 2. The Morgan fingerprint density at radius 3 is 2.25 bits per heavy atom.